The molecule has 0 spiro atoms. The van der Waals surface area contributed by atoms with Crippen molar-refractivity contribution in [1.29, 1.82) is 0 Å². The molecule has 1 N–H and O–H groups in total. The van der Waals surface area contributed by atoms with Gasteiger partial charge in [0.2, 0.25) is 0 Å². The molecule has 15 heavy (non-hydrogen) atoms. The lowest BCUT2D eigenvalue weighted by Gasteiger charge is -2.34. The molecule has 1 fully saturated rings. The van der Waals surface area contributed by atoms with Crippen molar-refractivity contribution in [2.75, 3.05) is 24.5 Å². The molecule has 0 bridgehead atoms. The number of hydrogen-bond acceptors (Lipinski definition) is 4. The zero-order valence-corrected chi connectivity index (χ0v) is 10.2. The molecule has 1 aliphatic rings. The van der Waals surface area contributed by atoms with Gasteiger partial charge in [0, 0.05) is 31.9 Å². The van der Waals surface area contributed by atoms with E-state index in [4.69, 9.17) is 0 Å². The van der Waals surface area contributed by atoms with Crippen LogP contribution in [-0.2, 0) is 0 Å². The number of anilines is 1. The Morgan fingerprint density at radius 3 is 2.87 bits per heavy atom. The second-order valence-corrected chi connectivity index (χ2v) is 3.31. The Morgan fingerprint density at radius 1 is 1.47 bits per heavy atom. The second-order valence-electron chi connectivity index (χ2n) is 3.31. The first-order valence-corrected chi connectivity index (χ1v) is 4.61. The third-order valence-electron chi connectivity index (χ3n) is 2.36. The van der Waals surface area contributed by atoms with Crippen LogP contribution in [0.2, 0.25) is 0 Å². The summed E-state index contributed by atoms with van der Waals surface area (Å²) in [4.78, 5) is 10.5. The lowest BCUT2D eigenvalue weighted by Crippen LogP contribution is -2.50. The number of nitrogens with zero attached hydrogens (tertiary/aromatic N) is 3. The zero-order valence-electron chi connectivity index (χ0n) is 8.59. The van der Waals surface area contributed by atoms with Crippen LogP contribution in [-0.4, -0.2) is 35.6 Å². The van der Waals surface area contributed by atoms with E-state index < -0.39 is 0 Å². The maximum atomic E-state index is 4.24. The molecule has 0 aliphatic carbocycles. The summed E-state index contributed by atoms with van der Waals surface area (Å²) < 4.78 is 0. The van der Waals surface area contributed by atoms with Gasteiger partial charge >= 0.3 is 0 Å². The number of halogens is 2. The molecule has 1 aromatic heterocycles. The normalized spacial score (nSPS) is 20.1. The van der Waals surface area contributed by atoms with E-state index in [0.29, 0.717) is 6.04 Å². The third kappa shape index (κ3) is 3.48. The van der Waals surface area contributed by atoms with Gasteiger partial charge in [-0.25, -0.2) is 9.97 Å². The molecular formula is C9H16Cl2N4. The van der Waals surface area contributed by atoms with E-state index in [2.05, 4.69) is 27.1 Å². The molecule has 1 saturated heterocycles. The van der Waals surface area contributed by atoms with Crippen LogP contribution in [0.5, 0.6) is 0 Å². The molecule has 0 saturated carbocycles. The van der Waals surface area contributed by atoms with E-state index in [-0.39, 0.29) is 24.8 Å². The van der Waals surface area contributed by atoms with Crippen molar-refractivity contribution in [3.63, 3.8) is 0 Å². The van der Waals surface area contributed by atoms with Crippen molar-refractivity contribution in [2.24, 2.45) is 0 Å². The van der Waals surface area contributed by atoms with Gasteiger partial charge < -0.3 is 10.2 Å². The van der Waals surface area contributed by atoms with Crippen molar-refractivity contribution in [2.45, 2.75) is 13.0 Å². The van der Waals surface area contributed by atoms with Gasteiger partial charge in [-0.1, -0.05) is 0 Å². The second kappa shape index (κ2) is 6.82. The topological polar surface area (TPSA) is 41.0 Å². The summed E-state index contributed by atoms with van der Waals surface area (Å²) in [5.41, 5.74) is 0. The van der Waals surface area contributed by atoms with Gasteiger partial charge in [0.15, 0.2) is 0 Å². The van der Waals surface area contributed by atoms with Crippen LogP contribution in [0.25, 0.3) is 0 Å². The Labute approximate surface area is 102 Å². The molecule has 6 heteroatoms. The molecular weight excluding hydrogens is 235 g/mol. The third-order valence-corrected chi connectivity index (χ3v) is 2.36. The average Bonchev–Trinajstić information content (AvgIpc) is 2.20. The fourth-order valence-electron chi connectivity index (χ4n) is 1.63. The van der Waals surface area contributed by atoms with Gasteiger partial charge in [-0.3, -0.25) is 0 Å². The molecule has 0 radical (unpaired) electrons. The minimum absolute atomic E-state index is 0. The zero-order chi connectivity index (χ0) is 9.10. The van der Waals surface area contributed by atoms with E-state index >= 15 is 0 Å². The Balaban J connectivity index is 0.000000980. The first-order chi connectivity index (χ1) is 6.38. The first-order valence-electron chi connectivity index (χ1n) is 4.61. The molecule has 1 aliphatic heterocycles. The molecule has 1 aromatic rings. The smallest absolute Gasteiger partial charge is 0.132 e. The minimum atomic E-state index is 0. The molecule has 2 heterocycles. The molecule has 4 nitrogen and oxygen atoms in total. The van der Waals surface area contributed by atoms with Crippen molar-refractivity contribution >= 4 is 30.6 Å². The summed E-state index contributed by atoms with van der Waals surface area (Å²) in [6.07, 6.45) is 3.39. The van der Waals surface area contributed by atoms with Crippen molar-refractivity contribution in [1.82, 2.24) is 15.3 Å². The number of aromatic nitrogens is 2. The van der Waals surface area contributed by atoms with E-state index in [1.807, 2.05) is 6.07 Å². The Kier molecular flexibility index (Phi) is 6.56. The highest BCUT2D eigenvalue weighted by Crippen LogP contribution is 2.13. The largest absolute Gasteiger partial charge is 0.351 e. The van der Waals surface area contributed by atoms with Gasteiger partial charge in [-0.05, 0) is 13.0 Å². The van der Waals surface area contributed by atoms with Crippen molar-refractivity contribution in [3.05, 3.63) is 18.6 Å². The molecule has 0 amide bonds. The molecule has 0 unspecified atom stereocenters. The van der Waals surface area contributed by atoms with Gasteiger partial charge in [-0.2, -0.15) is 0 Å². The quantitative estimate of drug-likeness (QED) is 0.812. The fourth-order valence-corrected chi connectivity index (χ4v) is 1.63. The molecule has 86 valence electrons. The van der Waals surface area contributed by atoms with Crippen LogP contribution >= 0.6 is 24.8 Å². The summed E-state index contributed by atoms with van der Waals surface area (Å²) in [5, 5.41) is 3.35. The standard InChI is InChI=1S/C9H14N4.2ClH/c1-8-6-10-4-5-13(8)9-2-3-11-7-12-9;;/h2-3,7-8,10H,4-6H2,1H3;2*1H/t8-;;/m0../s1. The summed E-state index contributed by atoms with van der Waals surface area (Å²) in [6.45, 7) is 5.30. The monoisotopic (exact) mass is 250 g/mol. The number of piperazine rings is 1. The predicted molar refractivity (Wildman–Crippen MR) is 66.2 cm³/mol. The summed E-state index contributed by atoms with van der Waals surface area (Å²) in [7, 11) is 0. The highest BCUT2D eigenvalue weighted by atomic mass is 35.5. The number of nitrogens with one attached hydrogen (secondary N) is 1. The van der Waals surface area contributed by atoms with Crippen LogP contribution in [0.3, 0.4) is 0 Å². The summed E-state index contributed by atoms with van der Waals surface area (Å²) >= 11 is 0. The SMILES string of the molecule is C[C@H]1CNCCN1c1ccncn1.Cl.Cl. The lowest BCUT2D eigenvalue weighted by atomic mass is 10.2. The van der Waals surface area contributed by atoms with E-state index in [0.717, 1.165) is 25.5 Å². The average molecular weight is 251 g/mol. The minimum Gasteiger partial charge on any atom is -0.351 e. The van der Waals surface area contributed by atoms with E-state index in [1.165, 1.54) is 0 Å². The van der Waals surface area contributed by atoms with Crippen LogP contribution in [0, 0.1) is 0 Å². The van der Waals surface area contributed by atoms with Gasteiger partial charge in [0.25, 0.3) is 0 Å². The van der Waals surface area contributed by atoms with E-state index in [9.17, 15) is 0 Å². The molecule has 1 atom stereocenters. The highest BCUT2D eigenvalue weighted by Gasteiger charge is 2.18. The fraction of sp³-hybridized carbons (Fsp3) is 0.556. The number of rotatable bonds is 1. The van der Waals surface area contributed by atoms with Crippen molar-refractivity contribution < 1.29 is 0 Å². The first kappa shape index (κ1) is 14.4. The lowest BCUT2D eigenvalue weighted by molar-refractivity contribution is 0.497. The summed E-state index contributed by atoms with van der Waals surface area (Å²) in [5.74, 6) is 1.03. The summed E-state index contributed by atoms with van der Waals surface area (Å²) in [6, 6.07) is 2.48. The molecule has 2 rings (SSSR count). The Hall–Kier alpha value is -0.580. The Bertz CT molecular complexity index is 270. The van der Waals surface area contributed by atoms with E-state index in [1.54, 1.807) is 12.5 Å². The Morgan fingerprint density at radius 2 is 2.27 bits per heavy atom. The maximum absolute atomic E-state index is 4.24. The van der Waals surface area contributed by atoms with Gasteiger partial charge in [-0.15, -0.1) is 24.8 Å². The van der Waals surface area contributed by atoms with Crippen LogP contribution < -0.4 is 10.2 Å². The van der Waals surface area contributed by atoms with Gasteiger partial charge in [0.05, 0.1) is 0 Å². The highest BCUT2D eigenvalue weighted by molar-refractivity contribution is 5.85. The van der Waals surface area contributed by atoms with Crippen molar-refractivity contribution in [3.8, 4) is 0 Å². The molecule has 0 aromatic carbocycles. The number of hydrogen-bond donors (Lipinski definition) is 1. The van der Waals surface area contributed by atoms with Crippen LogP contribution in [0.15, 0.2) is 18.6 Å². The van der Waals surface area contributed by atoms with Crippen LogP contribution in [0.1, 0.15) is 6.92 Å². The predicted octanol–water partition coefficient (Wildman–Crippen LogP) is 1.12. The van der Waals surface area contributed by atoms with Crippen LogP contribution in [0.4, 0.5) is 5.82 Å². The van der Waals surface area contributed by atoms with Gasteiger partial charge in [0.1, 0.15) is 12.1 Å². The maximum Gasteiger partial charge on any atom is 0.132 e.